The van der Waals surface area contributed by atoms with Gasteiger partial charge in [-0.05, 0) is 58.0 Å². The number of para-hydroxylation sites is 1. The third-order valence-electron chi connectivity index (χ3n) is 7.41. The third-order valence-corrected chi connectivity index (χ3v) is 9.81. The van der Waals surface area contributed by atoms with Crippen LogP contribution < -0.4 is 4.72 Å². The summed E-state index contributed by atoms with van der Waals surface area (Å²) < 4.78 is 43.4. The van der Waals surface area contributed by atoms with Gasteiger partial charge < -0.3 is 14.6 Å². The first kappa shape index (κ1) is 30.0. The second-order valence-corrected chi connectivity index (χ2v) is 13.1. The number of aliphatic hydroxyl groups is 1. The van der Waals surface area contributed by atoms with Crippen LogP contribution in [0.1, 0.15) is 36.0 Å². The van der Waals surface area contributed by atoms with Crippen molar-refractivity contribution in [2.45, 2.75) is 42.1 Å². The number of thioether (sulfide) groups is 1. The summed E-state index contributed by atoms with van der Waals surface area (Å²) in [6.07, 6.45) is -1.38. The minimum Gasteiger partial charge on any atom is -0.392 e. The van der Waals surface area contributed by atoms with Crippen LogP contribution in [0.3, 0.4) is 0 Å². The van der Waals surface area contributed by atoms with Crippen LogP contribution in [0.25, 0.3) is 5.69 Å². The summed E-state index contributed by atoms with van der Waals surface area (Å²) in [6.45, 7) is 2.03. The van der Waals surface area contributed by atoms with Crippen LogP contribution in [0.2, 0.25) is 0 Å². The Balaban J connectivity index is 1.26. The molecule has 0 saturated carbocycles. The van der Waals surface area contributed by atoms with E-state index in [-0.39, 0.29) is 29.6 Å². The number of aliphatic hydroxyl groups excluding tert-OH is 1. The van der Waals surface area contributed by atoms with Crippen molar-refractivity contribution in [3.05, 3.63) is 126 Å². The smallest absolute Gasteiger partial charge is 0.261 e. The molecule has 4 aromatic carbocycles. The molecule has 1 aromatic heterocycles. The molecule has 0 radical (unpaired) electrons. The number of nitrogens with zero attached hydrogens (tertiary/aromatic N) is 4. The molecule has 0 aliphatic carbocycles. The number of nitrogens with one attached hydrogen (secondary N) is 1. The zero-order chi connectivity index (χ0) is 30.5. The van der Waals surface area contributed by atoms with E-state index in [4.69, 9.17) is 9.47 Å². The molecule has 1 aliphatic rings. The average Bonchev–Trinajstić information content (AvgIpc) is 3.54. The van der Waals surface area contributed by atoms with Crippen molar-refractivity contribution in [1.29, 1.82) is 0 Å². The molecule has 6 rings (SSSR count). The first-order valence-corrected chi connectivity index (χ1v) is 16.5. The number of ether oxygens (including phenoxy) is 2. The molecule has 0 spiro atoms. The van der Waals surface area contributed by atoms with Gasteiger partial charge in [-0.1, -0.05) is 91.5 Å². The average molecular weight is 630 g/mol. The van der Waals surface area contributed by atoms with E-state index in [0.717, 1.165) is 16.8 Å². The van der Waals surface area contributed by atoms with Gasteiger partial charge in [0.05, 0.1) is 29.4 Å². The summed E-state index contributed by atoms with van der Waals surface area (Å²) in [4.78, 5) is 0.172. The monoisotopic (exact) mass is 629 g/mol. The quantitative estimate of drug-likeness (QED) is 0.191. The van der Waals surface area contributed by atoms with Gasteiger partial charge in [0.15, 0.2) is 6.29 Å². The van der Waals surface area contributed by atoms with Crippen molar-refractivity contribution < 1.29 is 23.0 Å². The highest BCUT2D eigenvalue weighted by Gasteiger charge is 2.38. The number of sulfonamides is 1. The second kappa shape index (κ2) is 13.3. The molecule has 12 heteroatoms. The normalized spacial score (nSPS) is 20.3. The predicted molar refractivity (Wildman–Crippen MR) is 167 cm³/mol. The SMILES string of the molecule is C[C@H]1[C@@H](CSc2nnnn2-c2ccccc2)O[C@@H](c2cccc(NS(=O)(=O)c3ccccc3)c2)O[C@H]1c1ccc(CO)cc1. The summed E-state index contributed by atoms with van der Waals surface area (Å²) in [5, 5.41) is 22.5. The fourth-order valence-corrected chi connectivity index (χ4v) is 7.15. The van der Waals surface area contributed by atoms with E-state index in [1.807, 2.05) is 60.7 Å². The first-order chi connectivity index (χ1) is 21.4. The van der Waals surface area contributed by atoms with Gasteiger partial charge in [0.2, 0.25) is 5.16 Å². The molecule has 226 valence electrons. The maximum atomic E-state index is 13.0. The largest absolute Gasteiger partial charge is 0.392 e. The predicted octanol–water partition coefficient (Wildman–Crippen LogP) is 5.54. The minimum absolute atomic E-state index is 0.0474. The summed E-state index contributed by atoms with van der Waals surface area (Å²) in [5.41, 5.74) is 3.69. The van der Waals surface area contributed by atoms with Crippen molar-refractivity contribution in [2.75, 3.05) is 10.5 Å². The van der Waals surface area contributed by atoms with Crippen molar-refractivity contribution in [3.8, 4) is 5.69 Å². The van der Waals surface area contributed by atoms with Gasteiger partial charge in [0, 0.05) is 22.9 Å². The van der Waals surface area contributed by atoms with E-state index in [1.165, 1.54) is 11.8 Å². The molecule has 10 nitrogen and oxygen atoms in total. The van der Waals surface area contributed by atoms with E-state index < -0.39 is 16.3 Å². The van der Waals surface area contributed by atoms with Crippen LogP contribution in [0.15, 0.2) is 119 Å². The topological polar surface area (TPSA) is 128 Å². The molecule has 2 N–H and O–H groups in total. The highest BCUT2D eigenvalue weighted by atomic mass is 32.2. The Kier molecular flexibility index (Phi) is 9.05. The van der Waals surface area contributed by atoms with E-state index >= 15 is 0 Å². The third kappa shape index (κ3) is 6.69. The van der Waals surface area contributed by atoms with E-state index in [0.29, 0.717) is 22.2 Å². The molecular weight excluding hydrogens is 599 g/mol. The van der Waals surface area contributed by atoms with Crippen LogP contribution in [-0.4, -0.2) is 45.6 Å². The van der Waals surface area contributed by atoms with Crippen LogP contribution in [0, 0.1) is 5.92 Å². The lowest BCUT2D eigenvalue weighted by Gasteiger charge is -2.41. The number of rotatable bonds is 10. The highest BCUT2D eigenvalue weighted by Crippen LogP contribution is 2.43. The Morgan fingerprint density at radius 3 is 2.34 bits per heavy atom. The van der Waals surface area contributed by atoms with Gasteiger partial charge in [0.25, 0.3) is 10.0 Å². The van der Waals surface area contributed by atoms with Crippen LogP contribution in [0.4, 0.5) is 5.69 Å². The zero-order valence-corrected chi connectivity index (χ0v) is 25.4. The zero-order valence-electron chi connectivity index (χ0n) is 23.8. The summed E-state index contributed by atoms with van der Waals surface area (Å²) >= 11 is 1.49. The fourth-order valence-electron chi connectivity index (χ4n) is 5.03. The number of hydrogen-bond acceptors (Lipinski definition) is 9. The molecule has 44 heavy (non-hydrogen) atoms. The molecule has 1 fully saturated rings. The Morgan fingerprint density at radius 1 is 0.886 bits per heavy atom. The molecule has 5 aromatic rings. The van der Waals surface area contributed by atoms with Crippen molar-refractivity contribution in [2.24, 2.45) is 5.92 Å². The maximum Gasteiger partial charge on any atom is 0.261 e. The van der Waals surface area contributed by atoms with Crippen LogP contribution in [0.5, 0.6) is 0 Å². The van der Waals surface area contributed by atoms with Gasteiger partial charge in [-0.3, -0.25) is 4.72 Å². The molecule has 2 heterocycles. The van der Waals surface area contributed by atoms with Crippen molar-refractivity contribution in [1.82, 2.24) is 20.2 Å². The van der Waals surface area contributed by atoms with Gasteiger partial charge in [-0.2, -0.15) is 4.68 Å². The Labute approximate surface area is 260 Å². The lowest BCUT2D eigenvalue weighted by Crippen LogP contribution is -2.38. The number of benzene rings is 4. The minimum atomic E-state index is -3.78. The standard InChI is InChI=1S/C32H31N5O5S2/c1-22-29(21-43-32-33-35-36-37(32)27-11-4-2-5-12-27)41-31(42-30(22)24-17-15-23(20-38)16-18-24)25-9-8-10-26(19-25)34-44(39,40)28-13-6-3-7-14-28/h2-19,22,29-31,34,38H,20-21H2,1H3/t22-,29+,30+,31+/m0/s1. The van der Waals surface area contributed by atoms with Crippen molar-refractivity contribution in [3.63, 3.8) is 0 Å². The Bertz CT molecular complexity index is 1790. The van der Waals surface area contributed by atoms with E-state index in [9.17, 15) is 13.5 Å². The van der Waals surface area contributed by atoms with Gasteiger partial charge in [-0.25, -0.2) is 8.42 Å². The molecule has 1 aliphatic heterocycles. The Morgan fingerprint density at radius 2 is 1.61 bits per heavy atom. The number of aromatic nitrogens is 4. The van der Waals surface area contributed by atoms with Crippen LogP contribution >= 0.6 is 11.8 Å². The number of hydrogen-bond donors (Lipinski definition) is 2. The maximum absolute atomic E-state index is 13.0. The van der Waals surface area contributed by atoms with Gasteiger partial charge >= 0.3 is 0 Å². The fraction of sp³-hybridized carbons (Fsp3) is 0.219. The summed E-state index contributed by atoms with van der Waals surface area (Å²) in [5.74, 6) is 0.485. The lowest BCUT2D eigenvalue weighted by molar-refractivity contribution is -0.268. The van der Waals surface area contributed by atoms with Gasteiger partial charge in [0.1, 0.15) is 0 Å². The lowest BCUT2D eigenvalue weighted by atomic mass is 9.91. The second-order valence-electron chi connectivity index (χ2n) is 10.4. The molecule has 0 unspecified atom stereocenters. The number of anilines is 1. The molecular formula is C32H31N5O5S2. The molecule has 1 saturated heterocycles. The summed E-state index contributed by atoms with van der Waals surface area (Å²) in [6, 6.07) is 32.6. The summed E-state index contributed by atoms with van der Waals surface area (Å²) in [7, 11) is -3.78. The van der Waals surface area contributed by atoms with E-state index in [1.54, 1.807) is 53.2 Å². The number of tetrazole rings is 1. The molecule has 0 bridgehead atoms. The van der Waals surface area contributed by atoms with Crippen molar-refractivity contribution >= 4 is 27.5 Å². The first-order valence-electron chi connectivity index (χ1n) is 14.1. The molecule has 4 atom stereocenters. The van der Waals surface area contributed by atoms with Crippen LogP contribution in [-0.2, 0) is 26.1 Å². The molecule has 0 amide bonds. The highest BCUT2D eigenvalue weighted by molar-refractivity contribution is 7.99. The van der Waals surface area contributed by atoms with E-state index in [2.05, 4.69) is 27.2 Å². The Hall–Kier alpha value is -4.07. The van der Waals surface area contributed by atoms with Gasteiger partial charge in [-0.15, -0.1) is 5.10 Å².